The Hall–Kier alpha value is -3.68. The summed E-state index contributed by atoms with van der Waals surface area (Å²) in [5.74, 6) is -0.723. The summed E-state index contributed by atoms with van der Waals surface area (Å²) in [6, 6.07) is 16.2. The largest absolute Gasteiger partial charge is 0.465 e. The van der Waals surface area contributed by atoms with E-state index in [1.54, 1.807) is 19.1 Å². The molecular formula is C22H23FN4O3. The molecule has 0 radical (unpaired) electrons. The smallest absolute Gasteiger partial charge is 0.327 e. The van der Waals surface area contributed by atoms with Gasteiger partial charge in [-0.05, 0) is 24.1 Å². The van der Waals surface area contributed by atoms with Crippen molar-refractivity contribution in [3.63, 3.8) is 0 Å². The maximum Gasteiger partial charge on any atom is 0.327 e. The van der Waals surface area contributed by atoms with Crippen molar-refractivity contribution in [2.24, 2.45) is 10.7 Å². The predicted octanol–water partition coefficient (Wildman–Crippen LogP) is 3.92. The van der Waals surface area contributed by atoms with Gasteiger partial charge in [-0.3, -0.25) is 10.1 Å². The van der Waals surface area contributed by atoms with Crippen LogP contribution in [0.2, 0.25) is 0 Å². The number of carbonyl (C=O) groups is 1. The molecule has 0 bridgehead atoms. The Bertz CT molecular complexity index is 1030. The normalized spacial score (nSPS) is 12.4. The molecule has 0 fully saturated rings. The molecule has 0 spiro atoms. The molecule has 1 atom stereocenters. The van der Waals surface area contributed by atoms with Crippen LogP contribution in [0.4, 0.5) is 10.3 Å². The fourth-order valence-corrected chi connectivity index (χ4v) is 2.90. The third-order valence-corrected chi connectivity index (χ3v) is 4.49. The lowest BCUT2D eigenvalue weighted by atomic mass is 9.95. The van der Waals surface area contributed by atoms with Crippen LogP contribution in [-0.4, -0.2) is 30.2 Å². The molecular weight excluding hydrogens is 387 g/mol. The highest BCUT2D eigenvalue weighted by Crippen LogP contribution is 2.29. The Morgan fingerprint density at radius 2 is 2.03 bits per heavy atom. The van der Waals surface area contributed by atoms with Crippen LogP contribution in [0.25, 0.3) is 11.1 Å². The van der Waals surface area contributed by atoms with Gasteiger partial charge in [-0.25, -0.2) is 9.38 Å². The van der Waals surface area contributed by atoms with E-state index in [0.29, 0.717) is 11.3 Å². The first-order valence-corrected chi connectivity index (χ1v) is 9.52. The van der Waals surface area contributed by atoms with Crippen molar-refractivity contribution in [3.8, 4) is 11.1 Å². The Labute approximate surface area is 173 Å². The molecule has 0 saturated carbocycles. The van der Waals surface area contributed by atoms with Gasteiger partial charge in [0, 0.05) is 17.5 Å². The number of hydrogen-bond donors (Lipinski definition) is 2. The Kier molecular flexibility index (Phi) is 6.79. The van der Waals surface area contributed by atoms with Gasteiger partial charge in [0.1, 0.15) is 12.4 Å². The number of rotatable bonds is 7. The van der Waals surface area contributed by atoms with E-state index in [2.05, 4.69) is 15.5 Å². The maximum absolute atomic E-state index is 14.7. The fraction of sp³-hybridized carbons (Fsp3) is 0.227. The van der Waals surface area contributed by atoms with Crippen LogP contribution in [0.1, 0.15) is 31.0 Å². The summed E-state index contributed by atoms with van der Waals surface area (Å²) in [6.07, 6.45) is 0. The lowest BCUT2D eigenvalue weighted by Gasteiger charge is -2.11. The second-order valence-corrected chi connectivity index (χ2v) is 6.57. The standard InChI is InChI=1S/C22H23FN4O3/c1-3-29-21(28)13-25-22(24)26-20-12-19(27-30-20)14(2)16-9-10-17(18(23)11-16)15-7-5-4-6-8-15/h4-12,14H,3,13H2,1-2H3,(H3,24,25,26). The molecule has 3 aromatic rings. The molecule has 3 rings (SSSR count). The first kappa shape index (κ1) is 21.0. The third kappa shape index (κ3) is 5.22. The molecule has 30 heavy (non-hydrogen) atoms. The van der Waals surface area contributed by atoms with E-state index >= 15 is 0 Å². The summed E-state index contributed by atoms with van der Waals surface area (Å²) in [6.45, 7) is 3.69. The zero-order valence-corrected chi connectivity index (χ0v) is 16.8. The summed E-state index contributed by atoms with van der Waals surface area (Å²) in [7, 11) is 0. The topological polar surface area (TPSA) is 103 Å². The van der Waals surface area contributed by atoms with E-state index in [9.17, 15) is 9.18 Å². The molecule has 156 valence electrons. The number of ether oxygens (including phenoxy) is 1. The van der Waals surface area contributed by atoms with Gasteiger partial charge in [0.15, 0.2) is 5.96 Å². The number of aliphatic imine (C=N–C) groups is 1. The Morgan fingerprint density at radius 3 is 2.73 bits per heavy atom. The molecule has 0 aliphatic heterocycles. The number of hydrogen-bond acceptors (Lipinski definition) is 5. The van der Waals surface area contributed by atoms with Gasteiger partial charge in [0.2, 0.25) is 5.88 Å². The van der Waals surface area contributed by atoms with E-state index in [-0.39, 0.29) is 36.7 Å². The van der Waals surface area contributed by atoms with Crippen molar-refractivity contribution in [1.82, 2.24) is 5.16 Å². The molecule has 7 nitrogen and oxygen atoms in total. The van der Waals surface area contributed by atoms with E-state index in [4.69, 9.17) is 15.0 Å². The molecule has 0 amide bonds. The molecule has 1 aromatic heterocycles. The summed E-state index contributed by atoms with van der Waals surface area (Å²) in [4.78, 5) is 15.2. The highest BCUT2D eigenvalue weighted by atomic mass is 19.1. The molecule has 1 unspecified atom stereocenters. The number of esters is 1. The number of carbonyl (C=O) groups excluding carboxylic acids is 1. The molecule has 8 heteroatoms. The Morgan fingerprint density at radius 1 is 1.27 bits per heavy atom. The molecule has 3 N–H and O–H groups in total. The van der Waals surface area contributed by atoms with Crippen LogP contribution in [-0.2, 0) is 9.53 Å². The first-order chi connectivity index (χ1) is 14.5. The van der Waals surface area contributed by atoms with Crippen molar-refractivity contribution in [2.75, 3.05) is 18.5 Å². The average molecular weight is 410 g/mol. The SMILES string of the molecule is CCOC(=O)CN=C(N)Nc1cc(C(C)c2ccc(-c3ccccc3)c(F)c2)no1. The molecule has 0 saturated heterocycles. The number of guanidine groups is 1. The van der Waals surface area contributed by atoms with Gasteiger partial charge < -0.3 is 15.0 Å². The van der Waals surface area contributed by atoms with Crippen molar-refractivity contribution in [3.05, 3.63) is 71.7 Å². The van der Waals surface area contributed by atoms with Crippen molar-refractivity contribution >= 4 is 17.8 Å². The van der Waals surface area contributed by atoms with Crippen molar-refractivity contribution in [1.29, 1.82) is 0 Å². The highest BCUT2D eigenvalue weighted by Gasteiger charge is 2.16. The maximum atomic E-state index is 14.7. The minimum atomic E-state index is -0.477. The summed E-state index contributed by atoms with van der Waals surface area (Å²) in [5, 5.41) is 6.74. The quantitative estimate of drug-likeness (QED) is 0.348. The molecule has 1 heterocycles. The lowest BCUT2D eigenvalue weighted by Crippen LogP contribution is -2.24. The van der Waals surface area contributed by atoms with Crippen LogP contribution >= 0.6 is 0 Å². The van der Waals surface area contributed by atoms with Gasteiger partial charge in [-0.2, -0.15) is 0 Å². The number of aromatic nitrogens is 1. The average Bonchev–Trinajstić information content (AvgIpc) is 3.21. The van der Waals surface area contributed by atoms with Gasteiger partial charge in [0.05, 0.1) is 12.3 Å². The number of anilines is 1. The van der Waals surface area contributed by atoms with Crippen LogP contribution in [0.3, 0.4) is 0 Å². The molecule has 0 aliphatic rings. The van der Waals surface area contributed by atoms with Gasteiger partial charge in [-0.15, -0.1) is 0 Å². The number of nitrogens with one attached hydrogen (secondary N) is 1. The zero-order valence-electron chi connectivity index (χ0n) is 16.8. The van der Waals surface area contributed by atoms with Gasteiger partial charge in [-0.1, -0.05) is 54.5 Å². The molecule has 2 aromatic carbocycles. The van der Waals surface area contributed by atoms with Gasteiger partial charge in [0.25, 0.3) is 0 Å². The van der Waals surface area contributed by atoms with Crippen LogP contribution in [0.5, 0.6) is 0 Å². The minimum absolute atomic E-state index is 0.00309. The van der Waals surface area contributed by atoms with E-state index in [0.717, 1.165) is 11.1 Å². The minimum Gasteiger partial charge on any atom is -0.465 e. The summed E-state index contributed by atoms with van der Waals surface area (Å²) < 4.78 is 24.7. The molecule has 0 aliphatic carbocycles. The summed E-state index contributed by atoms with van der Waals surface area (Å²) >= 11 is 0. The second kappa shape index (κ2) is 9.69. The van der Waals surface area contributed by atoms with Crippen LogP contribution < -0.4 is 11.1 Å². The highest BCUT2D eigenvalue weighted by molar-refractivity contribution is 5.92. The zero-order chi connectivity index (χ0) is 21.5. The van der Waals surface area contributed by atoms with Gasteiger partial charge >= 0.3 is 5.97 Å². The predicted molar refractivity (Wildman–Crippen MR) is 113 cm³/mol. The number of nitrogens with zero attached hydrogens (tertiary/aromatic N) is 2. The second-order valence-electron chi connectivity index (χ2n) is 6.57. The van der Waals surface area contributed by atoms with Crippen LogP contribution in [0.15, 0.2) is 64.1 Å². The van der Waals surface area contributed by atoms with Crippen molar-refractivity contribution < 1.29 is 18.4 Å². The first-order valence-electron chi connectivity index (χ1n) is 9.52. The lowest BCUT2D eigenvalue weighted by molar-refractivity contribution is -0.141. The number of halogens is 1. The summed E-state index contributed by atoms with van der Waals surface area (Å²) in [5.41, 5.74) is 8.45. The van der Waals surface area contributed by atoms with E-state index in [1.807, 2.05) is 43.3 Å². The van der Waals surface area contributed by atoms with E-state index < -0.39 is 5.97 Å². The van der Waals surface area contributed by atoms with E-state index in [1.165, 1.54) is 6.07 Å². The van der Waals surface area contributed by atoms with Crippen molar-refractivity contribution in [2.45, 2.75) is 19.8 Å². The fourth-order valence-electron chi connectivity index (χ4n) is 2.90. The van der Waals surface area contributed by atoms with Crippen LogP contribution in [0, 0.1) is 5.82 Å². The number of benzene rings is 2. The number of nitrogens with two attached hydrogens (primary N) is 1. The third-order valence-electron chi connectivity index (χ3n) is 4.49. The Balaban J connectivity index is 1.69. The monoisotopic (exact) mass is 410 g/mol.